The Balaban J connectivity index is 1.32. The normalized spacial score (nSPS) is 15.5. The van der Waals surface area contributed by atoms with E-state index in [1.807, 2.05) is 36.1 Å². The minimum atomic E-state index is 0.166. The van der Waals surface area contributed by atoms with E-state index in [1.54, 1.807) is 0 Å². The van der Waals surface area contributed by atoms with Crippen LogP contribution in [0.4, 0.5) is 0 Å². The summed E-state index contributed by atoms with van der Waals surface area (Å²) in [4.78, 5) is 20.5. The fourth-order valence-electron chi connectivity index (χ4n) is 3.77. The quantitative estimate of drug-likeness (QED) is 0.785. The number of amides is 1. The molecule has 0 unspecified atom stereocenters. The van der Waals surface area contributed by atoms with Crippen LogP contribution in [0.15, 0.2) is 54.7 Å². The van der Waals surface area contributed by atoms with Gasteiger partial charge >= 0.3 is 0 Å². The Labute approximate surface area is 154 Å². The van der Waals surface area contributed by atoms with Crippen molar-refractivity contribution >= 4 is 16.8 Å². The Bertz CT molecular complexity index is 906. The highest BCUT2D eigenvalue weighted by Crippen LogP contribution is 2.19. The molecule has 0 bridgehead atoms. The number of aryl methyl sites for hydroxylation is 1. The summed E-state index contributed by atoms with van der Waals surface area (Å²) in [6.07, 6.45) is 3.17. The van der Waals surface area contributed by atoms with Gasteiger partial charge < -0.3 is 9.88 Å². The van der Waals surface area contributed by atoms with Crippen molar-refractivity contribution in [3.05, 3.63) is 71.4 Å². The molecule has 4 heteroatoms. The third kappa shape index (κ3) is 3.37. The van der Waals surface area contributed by atoms with Gasteiger partial charge in [-0.05, 0) is 36.6 Å². The number of piperazine rings is 1. The zero-order chi connectivity index (χ0) is 17.9. The fourth-order valence-corrected chi connectivity index (χ4v) is 3.77. The van der Waals surface area contributed by atoms with Gasteiger partial charge in [0.2, 0.25) is 0 Å². The number of aromatic nitrogens is 1. The lowest BCUT2D eigenvalue weighted by Gasteiger charge is -2.35. The minimum absolute atomic E-state index is 0.166. The van der Waals surface area contributed by atoms with Crippen molar-refractivity contribution in [1.82, 2.24) is 14.8 Å². The molecule has 0 atom stereocenters. The van der Waals surface area contributed by atoms with E-state index in [0.717, 1.165) is 50.3 Å². The summed E-state index contributed by atoms with van der Waals surface area (Å²) in [6, 6.07) is 16.3. The molecule has 0 spiro atoms. The molecule has 4 nitrogen and oxygen atoms in total. The van der Waals surface area contributed by atoms with Gasteiger partial charge in [-0.25, -0.2) is 0 Å². The largest absolute Gasteiger partial charge is 0.361 e. The third-order valence-electron chi connectivity index (χ3n) is 5.41. The van der Waals surface area contributed by atoms with Crippen LogP contribution in [0.2, 0.25) is 0 Å². The molecule has 1 aliphatic heterocycles. The van der Waals surface area contributed by atoms with Gasteiger partial charge in [0.05, 0.1) is 0 Å². The van der Waals surface area contributed by atoms with Crippen molar-refractivity contribution < 1.29 is 4.79 Å². The van der Waals surface area contributed by atoms with Gasteiger partial charge in [0, 0.05) is 55.4 Å². The SMILES string of the molecule is Cc1ccccc1C(=O)N1CCN(CCc2c[nH]c3ccccc23)CC1. The van der Waals surface area contributed by atoms with Gasteiger partial charge in [0.15, 0.2) is 0 Å². The smallest absolute Gasteiger partial charge is 0.254 e. The second kappa shape index (κ2) is 7.34. The molecule has 1 aromatic heterocycles. The predicted octanol–water partition coefficient (Wildman–Crippen LogP) is 3.48. The van der Waals surface area contributed by atoms with Crippen LogP contribution in [0.5, 0.6) is 0 Å². The molecule has 4 rings (SSSR count). The molecule has 26 heavy (non-hydrogen) atoms. The molecule has 134 valence electrons. The number of hydrogen-bond acceptors (Lipinski definition) is 2. The number of aromatic amines is 1. The van der Waals surface area contributed by atoms with Crippen LogP contribution in [0, 0.1) is 6.92 Å². The summed E-state index contributed by atoms with van der Waals surface area (Å²) >= 11 is 0. The Hall–Kier alpha value is -2.59. The first-order valence-corrected chi connectivity index (χ1v) is 9.34. The van der Waals surface area contributed by atoms with Crippen molar-refractivity contribution in [2.45, 2.75) is 13.3 Å². The zero-order valence-electron chi connectivity index (χ0n) is 15.2. The highest BCUT2D eigenvalue weighted by atomic mass is 16.2. The lowest BCUT2D eigenvalue weighted by Crippen LogP contribution is -2.49. The number of benzene rings is 2. The monoisotopic (exact) mass is 347 g/mol. The summed E-state index contributed by atoms with van der Waals surface area (Å²) in [6.45, 7) is 6.54. The number of carbonyl (C=O) groups excluding carboxylic acids is 1. The van der Waals surface area contributed by atoms with Crippen LogP contribution in [-0.4, -0.2) is 53.4 Å². The topological polar surface area (TPSA) is 39.3 Å². The summed E-state index contributed by atoms with van der Waals surface area (Å²) in [7, 11) is 0. The molecule has 2 aromatic carbocycles. The fraction of sp³-hybridized carbons (Fsp3) is 0.318. The van der Waals surface area contributed by atoms with Gasteiger partial charge in [0.1, 0.15) is 0 Å². The van der Waals surface area contributed by atoms with Gasteiger partial charge in [-0.15, -0.1) is 0 Å². The molecule has 1 fully saturated rings. The van der Waals surface area contributed by atoms with Crippen LogP contribution in [-0.2, 0) is 6.42 Å². The second-order valence-corrected chi connectivity index (χ2v) is 7.06. The van der Waals surface area contributed by atoms with Gasteiger partial charge in [-0.1, -0.05) is 36.4 Å². The van der Waals surface area contributed by atoms with Crippen LogP contribution in [0.1, 0.15) is 21.5 Å². The Morgan fingerprint density at radius 1 is 1.00 bits per heavy atom. The molecule has 1 saturated heterocycles. The standard InChI is InChI=1S/C22H25N3O/c1-17-6-2-3-7-19(17)22(26)25-14-12-24(13-15-25)11-10-18-16-23-21-9-5-4-8-20(18)21/h2-9,16,23H,10-15H2,1H3. The molecule has 1 aliphatic rings. The van der Waals surface area contributed by atoms with Gasteiger partial charge in [-0.3, -0.25) is 9.69 Å². The maximum Gasteiger partial charge on any atom is 0.254 e. The molecule has 2 heterocycles. The van der Waals surface area contributed by atoms with Crippen molar-refractivity contribution in [2.24, 2.45) is 0 Å². The Kier molecular flexibility index (Phi) is 4.76. The number of para-hydroxylation sites is 1. The Morgan fingerprint density at radius 3 is 2.54 bits per heavy atom. The molecule has 1 amide bonds. The minimum Gasteiger partial charge on any atom is -0.361 e. The molecule has 0 aliphatic carbocycles. The van der Waals surface area contributed by atoms with E-state index in [-0.39, 0.29) is 5.91 Å². The predicted molar refractivity (Wildman–Crippen MR) is 106 cm³/mol. The first-order valence-electron chi connectivity index (χ1n) is 9.34. The zero-order valence-corrected chi connectivity index (χ0v) is 15.2. The van der Waals surface area contributed by atoms with Crippen molar-refractivity contribution in [3.8, 4) is 0 Å². The number of nitrogens with one attached hydrogen (secondary N) is 1. The van der Waals surface area contributed by atoms with E-state index in [9.17, 15) is 4.79 Å². The van der Waals surface area contributed by atoms with Crippen molar-refractivity contribution in [2.75, 3.05) is 32.7 Å². The number of carbonyl (C=O) groups is 1. The summed E-state index contributed by atoms with van der Waals surface area (Å²) in [5.41, 5.74) is 4.47. The maximum absolute atomic E-state index is 12.7. The van der Waals surface area contributed by atoms with Gasteiger partial charge in [-0.2, -0.15) is 0 Å². The summed E-state index contributed by atoms with van der Waals surface area (Å²) < 4.78 is 0. The Morgan fingerprint density at radius 2 is 1.73 bits per heavy atom. The first kappa shape index (κ1) is 16.9. The highest BCUT2D eigenvalue weighted by molar-refractivity contribution is 5.95. The molecule has 0 saturated carbocycles. The summed E-state index contributed by atoms with van der Waals surface area (Å²) in [5.74, 6) is 0.166. The van der Waals surface area contributed by atoms with E-state index >= 15 is 0 Å². The van der Waals surface area contributed by atoms with E-state index in [2.05, 4.69) is 40.3 Å². The average molecular weight is 347 g/mol. The first-order chi connectivity index (χ1) is 12.7. The van der Waals surface area contributed by atoms with Crippen LogP contribution in [0.25, 0.3) is 10.9 Å². The maximum atomic E-state index is 12.7. The van der Waals surface area contributed by atoms with E-state index in [4.69, 9.17) is 0 Å². The molecule has 3 aromatic rings. The highest BCUT2D eigenvalue weighted by Gasteiger charge is 2.22. The van der Waals surface area contributed by atoms with Crippen LogP contribution < -0.4 is 0 Å². The molecule has 1 N–H and O–H groups in total. The molecular weight excluding hydrogens is 322 g/mol. The summed E-state index contributed by atoms with van der Waals surface area (Å²) in [5, 5.41) is 1.32. The number of nitrogens with zero attached hydrogens (tertiary/aromatic N) is 2. The average Bonchev–Trinajstić information content (AvgIpc) is 3.10. The lowest BCUT2D eigenvalue weighted by molar-refractivity contribution is 0.0638. The van der Waals surface area contributed by atoms with Gasteiger partial charge in [0.25, 0.3) is 5.91 Å². The van der Waals surface area contributed by atoms with Crippen molar-refractivity contribution in [3.63, 3.8) is 0 Å². The van der Waals surface area contributed by atoms with E-state index < -0.39 is 0 Å². The second-order valence-electron chi connectivity index (χ2n) is 7.06. The molecule has 0 radical (unpaired) electrons. The number of rotatable bonds is 4. The van der Waals surface area contributed by atoms with E-state index in [1.165, 1.54) is 16.5 Å². The van der Waals surface area contributed by atoms with Crippen LogP contribution >= 0.6 is 0 Å². The lowest BCUT2D eigenvalue weighted by atomic mass is 10.1. The molecular formula is C22H25N3O. The van der Waals surface area contributed by atoms with Crippen LogP contribution in [0.3, 0.4) is 0 Å². The number of hydrogen-bond donors (Lipinski definition) is 1. The third-order valence-corrected chi connectivity index (χ3v) is 5.41. The van der Waals surface area contributed by atoms with Crippen molar-refractivity contribution in [1.29, 1.82) is 0 Å². The number of H-pyrrole nitrogens is 1. The van der Waals surface area contributed by atoms with E-state index in [0.29, 0.717) is 0 Å². The number of fused-ring (bicyclic) bond motifs is 1.